The van der Waals surface area contributed by atoms with Crippen molar-refractivity contribution in [2.75, 3.05) is 5.73 Å². The van der Waals surface area contributed by atoms with Crippen LogP contribution in [0.5, 0.6) is 0 Å². The number of hydrogen-bond acceptors (Lipinski definition) is 3. The van der Waals surface area contributed by atoms with Gasteiger partial charge in [0.05, 0.1) is 5.69 Å². The summed E-state index contributed by atoms with van der Waals surface area (Å²) in [5.41, 5.74) is 7.97. The highest BCUT2D eigenvalue weighted by Crippen LogP contribution is 2.23. The van der Waals surface area contributed by atoms with E-state index in [4.69, 9.17) is 5.73 Å². The summed E-state index contributed by atoms with van der Waals surface area (Å²) in [6.07, 6.45) is 0.903. The summed E-state index contributed by atoms with van der Waals surface area (Å²) in [6.45, 7) is 2.00. The SMILES string of the molecule is Cc1nc(N)sc1Cc1cccc(Br)c1. The topological polar surface area (TPSA) is 38.9 Å². The summed E-state index contributed by atoms with van der Waals surface area (Å²) in [6, 6.07) is 8.30. The molecule has 0 radical (unpaired) electrons. The molecule has 0 unspecified atom stereocenters. The lowest BCUT2D eigenvalue weighted by Gasteiger charge is -2.00. The molecule has 1 aromatic heterocycles. The van der Waals surface area contributed by atoms with Crippen molar-refractivity contribution in [3.8, 4) is 0 Å². The Kier molecular flexibility index (Phi) is 3.07. The minimum Gasteiger partial charge on any atom is -0.375 e. The lowest BCUT2D eigenvalue weighted by molar-refractivity contribution is 1.15. The molecule has 0 atom stereocenters. The number of benzene rings is 1. The average molecular weight is 283 g/mol. The third-order valence-corrected chi connectivity index (χ3v) is 3.64. The highest BCUT2D eigenvalue weighted by molar-refractivity contribution is 9.10. The lowest BCUT2D eigenvalue weighted by Crippen LogP contribution is -1.87. The van der Waals surface area contributed by atoms with Crippen LogP contribution in [0.1, 0.15) is 16.1 Å². The molecule has 0 fully saturated rings. The van der Waals surface area contributed by atoms with Crippen LogP contribution >= 0.6 is 27.3 Å². The minimum atomic E-state index is 0.650. The lowest BCUT2D eigenvalue weighted by atomic mass is 10.1. The zero-order valence-electron chi connectivity index (χ0n) is 8.33. The van der Waals surface area contributed by atoms with E-state index in [1.807, 2.05) is 19.1 Å². The van der Waals surface area contributed by atoms with Crippen LogP contribution in [0.25, 0.3) is 0 Å². The molecule has 15 heavy (non-hydrogen) atoms. The van der Waals surface area contributed by atoms with E-state index in [1.165, 1.54) is 10.4 Å². The molecule has 1 aromatic carbocycles. The van der Waals surface area contributed by atoms with Crippen LogP contribution in [0.2, 0.25) is 0 Å². The number of anilines is 1. The number of nitrogens with zero attached hydrogens (tertiary/aromatic N) is 1. The van der Waals surface area contributed by atoms with E-state index in [1.54, 1.807) is 11.3 Å². The smallest absolute Gasteiger partial charge is 0.180 e. The number of hydrogen-bond donors (Lipinski definition) is 1. The molecule has 0 bridgehead atoms. The van der Waals surface area contributed by atoms with Gasteiger partial charge in [-0.1, -0.05) is 28.1 Å². The van der Waals surface area contributed by atoms with Gasteiger partial charge in [-0.2, -0.15) is 0 Å². The van der Waals surface area contributed by atoms with E-state index in [9.17, 15) is 0 Å². The number of nitrogens with two attached hydrogens (primary N) is 1. The summed E-state index contributed by atoms with van der Waals surface area (Å²) in [4.78, 5) is 5.46. The Balaban J connectivity index is 2.25. The average Bonchev–Trinajstić information content (AvgIpc) is 2.45. The van der Waals surface area contributed by atoms with E-state index in [2.05, 4.69) is 33.0 Å². The van der Waals surface area contributed by atoms with Crippen molar-refractivity contribution >= 4 is 32.4 Å². The number of nitrogen functional groups attached to an aromatic ring is 1. The Labute approximate surface area is 101 Å². The molecular weight excluding hydrogens is 272 g/mol. The second-order valence-electron chi connectivity index (χ2n) is 3.37. The first-order valence-electron chi connectivity index (χ1n) is 4.61. The molecular formula is C11H11BrN2S. The minimum absolute atomic E-state index is 0.650. The second-order valence-corrected chi connectivity index (χ2v) is 5.40. The third kappa shape index (κ3) is 2.58. The van der Waals surface area contributed by atoms with Crippen molar-refractivity contribution in [1.82, 2.24) is 4.98 Å². The van der Waals surface area contributed by atoms with Gasteiger partial charge in [-0.15, -0.1) is 11.3 Å². The Morgan fingerprint density at radius 1 is 1.47 bits per heavy atom. The maximum Gasteiger partial charge on any atom is 0.180 e. The quantitative estimate of drug-likeness (QED) is 0.917. The molecule has 2 aromatic rings. The van der Waals surface area contributed by atoms with Gasteiger partial charge in [-0.25, -0.2) is 4.98 Å². The molecule has 2 N–H and O–H groups in total. The molecule has 0 saturated heterocycles. The Morgan fingerprint density at radius 3 is 2.87 bits per heavy atom. The fraction of sp³-hybridized carbons (Fsp3) is 0.182. The Morgan fingerprint density at radius 2 is 2.27 bits per heavy atom. The van der Waals surface area contributed by atoms with Crippen molar-refractivity contribution < 1.29 is 0 Å². The van der Waals surface area contributed by atoms with Crippen molar-refractivity contribution in [3.63, 3.8) is 0 Å². The molecule has 0 aliphatic carbocycles. The van der Waals surface area contributed by atoms with E-state index >= 15 is 0 Å². The van der Waals surface area contributed by atoms with Crippen LogP contribution in [0.15, 0.2) is 28.7 Å². The van der Waals surface area contributed by atoms with Gasteiger partial charge in [-0.3, -0.25) is 0 Å². The summed E-state index contributed by atoms with van der Waals surface area (Å²) in [5, 5.41) is 0.650. The molecule has 0 aliphatic heterocycles. The number of halogens is 1. The normalized spacial score (nSPS) is 10.5. The van der Waals surface area contributed by atoms with Crippen LogP contribution in [-0.4, -0.2) is 4.98 Å². The molecule has 2 nitrogen and oxygen atoms in total. The predicted molar refractivity (Wildman–Crippen MR) is 68.2 cm³/mol. The van der Waals surface area contributed by atoms with Crippen LogP contribution in [0.3, 0.4) is 0 Å². The van der Waals surface area contributed by atoms with Crippen LogP contribution < -0.4 is 5.73 Å². The number of aromatic nitrogens is 1. The molecule has 4 heteroatoms. The molecule has 0 saturated carbocycles. The van der Waals surface area contributed by atoms with Crippen molar-refractivity contribution in [2.45, 2.75) is 13.3 Å². The first-order chi connectivity index (χ1) is 7.15. The van der Waals surface area contributed by atoms with Gasteiger partial charge in [-0.05, 0) is 24.6 Å². The monoisotopic (exact) mass is 282 g/mol. The molecule has 0 amide bonds. The summed E-state index contributed by atoms with van der Waals surface area (Å²) >= 11 is 5.03. The van der Waals surface area contributed by atoms with Crippen molar-refractivity contribution in [1.29, 1.82) is 0 Å². The fourth-order valence-electron chi connectivity index (χ4n) is 1.45. The standard InChI is InChI=1S/C11H11BrN2S/c1-7-10(15-11(13)14-7)6-8-3-2-4-9(12)5-8/h2-5H,6H2,1H3,(H2,13,14). The predicted octanol–water partition coefficient (Wildman–Crippen LogP) is 3.39. The van der Waals surface area contributed by atoms with E-state index in [0.717, 1.165) is 16.6 Å². The highest BCUT2D eigenvalue weighted by Gasteiger charge is 2.06. The Bertz CT molecular complexity index is 479. The number of aryl methyl sites for hydroxylation is 1. The van der Waals surface area contributed by atoms with Gasteiger partial charge in [0.2, 0.25) is 0 Å². The first-order valence-corrected chi connectivity index (χ1v) is 6.22. The van der Waals surface area contributed by atoms with E-state index < -0.39 is 0 Å². The van der Waals surface area contributed by atoms with Gasteiger partial charge in [0.1, 0.15) is 0 Å². The highest BCUT2D eigenvalue weighted by atomic mass is 79.9. The van der Waals surface area contributed by atoms with Crippen LogP contribution in [0.4, 0.5) is 5.13 Å². The maximum absolute atomic E-state index is 5.66. The van der Waals surface area contributed by atoms with Gasteiger partial charge >= 0.3 is 0 Å². The van der Waals surface area contributed by atoms with Gasteiger partial charge in [0, 0.05) is 15.8 Å². The first kappa shape index (κ1) is 10.6. The largest absolute Gasteiger partial charge is 0.375 e. The second kappa shape index (κ2) is 4.33. The molecule has 0 spiro atoms. The van der Waals surface area contributed by atoms with E-state index in [-0.39, 0.29) is 0 Å². The number of rotatable bonds is 2. The number of thiazole rings is 1. The molecule has 0 aliphatic rings. The van der Waals surface area contributed by atoms with Crippen LogP contribution in [0, 0.1) is 6.92 Å². The van der Waals surface area contributed by atoms with Gasteiger partial charge in [0.15, 0.2) is 5.13 Å². The third-order valence-electron chi connectivity index (χ3n) is 2.16. The molecule has 1 heterocycles. The van der Waals surface area contributed by atoms with Crippen molar-refractivity contribution in [2.24, 2.45) is 0 Å². The zero-order chi connectivity index (χ0) is 10.8. The van der Waals surface area contributed by atoms with Crippen molar-refractivity contribution in [3.05, 3.63) is 44.9 Å². The van der Waals surface area contributed by atoms with Crippen LogP contribution in [-0.2, 0) is 6.42 Å². The van der Waals surface area contributed by atoms with E-state index in [0.29, 0.717) is 5.13 Å². The Hall–Kier alpha value is -0.870. The fourth-order valence-corrected chi connectivity index (χ4v) is 2.76. The molecule has 2 rings (SSSR count). The summed E-state index contributed by atoms with van der Waals surface area (Å²) < 4.78 is 1.11. The summed E-state index contributed by atoms with van der Waals surface area (Å²) in [5.74, 6) is 0. The summed E-state index contributed by atoms with van der Waals surface area (Å²) in [7, 11) is 0. The van der Waals surface area contributed by atoms with Gasteiger partial charge < -0.3 is 5.73 Å². The maximum atomic E-state index is 5.66. The molecule has 78 valence electrons. The zero-order valence-corrected chi connectivity index (χ0v) is 10.7. The van der Waals surface area contributed by atoms with Gasteiger partial charge in [0.25, 0.3) is 0 Å².